The normalized spacial score (nSPS) is 12.2. The Balaban J connectivity index is 2.23. The Bertz CT molecular complexity index is 693. The third kappa shape index (κ3) is 4.28. The lowest BCUT2D eigenvalue weighted by Gasteiger charge is -2.21. The molecule has 2 rings (SSSR count). The molecule has 116 valence electrons. The SMILES string of the molecule is Cc1cc(=O)cc(C(=O)N[C@H](CC(C)C)c2cccnc2)[nH]1. The summed E-state index contributed by atoms with van der Waals surface area (Å²) in [4.78, 5) is 31.0. The van der Waals surface area contributed by atoms with Crippen LogP contribution in [0.25, 0.3) is 0 Å². The molecule has 1 atom stereocenters. The summed E-state index contributed by atoms with van der Waals surface area (Å²) in [6.45, 7) is 5.96. The first kappa shape index (κ1) is 15.9. The molecule has 0 aromatic carbocycles. The minimum absolute atomic E-state index is 0.134. The van der Waals surface area contributed by atoms with Crippen molar-refractivity contribution >= 4 is 5.91 Å². The Labute approximate surface area is 129 Å². The first-order chi connectivity index (χ1) is 10.5. The van der Waals surface area contributed by atoms with Gasteiger partial charge in [-0.1, -0.05) is 19.9 Å². The molecule has 1 amide bonds. The van der Waals surface area contributed by atoms with Crippen LogP contribution in [0.15, 0.2) is 41.5 Å². The zero-order valence-corrected chi connectivity index (χ0v) is 13.1. The van der Waals surface area contributed by atoms with E-state index in [-0.39, 0.29) is 23.1 Å². The quantitative estimate of drug-likeness (QED) is 0.891. The number of nitrogens with one attached hydrogen (secondary N) is 2. The van der Waals surface area contributed by atoms with Crippen LogP contribution in [0.3, 0.4) is 0 Å². The number of carbonyl (C=O) groups excluding carboxylic acids is 1. The molecule has 0 radical (unpaired) electrons. The number of aryl methyl sites for hydroxylation is 1. The van der Waals surface area contributed by atoms with Crippen molar-refractivity contribution in [1.82, 2.24) is 15.3 Å². The molecule has 0 aliphatic heterocycles. The van der Waals surface area contributed by atoms with Crippen molar-refractivity contribution in [2.45, 2.75) is 33.2 Å². The second-order valence-corrected chi connectivity index (χ2v) is 5.85. The van der Waals surface area contributed by atoms with E-state index in [9.17, 15) is 9.59 Å². The monoisotopic (exact) mass is 299 g/mol. The molecular weight excluding hydrogens is 278 g/mol. The van der Waals surface area contributed by atoms with Gasteiger partial charge < -0.3 is 10.3 Å². The average Bonchev–Trinajstić information content (AvgIpc) is 2.46. The lowest BCUT2D eigenvalue weighted by atomic mass is 9.98. The number of carbonyl (C=O) groups is 1. The first-order valence-corrected chi connectivity index (χ1v) is 7.37. The first-order valence-electron chi connectivity index (χ1n) is 7.37. The van der Waals surface area contributed by atoms with Gasteiger partial charge in [0.15, 0.2) is 5.43 Å². The van der Waals surface area contributed by atoms with Gasteiger partial charge in [-0.15, -0.1) is 0 Å². The summed E-state index contributed by atoms with van der Waals surface area (Å²) in [6, 6.07) is 6.44. The summed E-state index contributed by atoms with van der Waals surface area (Å²) in [6.07, 6.45) is 4.26. The van der Waals surface area contributed by atoms with Gasteiger partial charge in [0.05, 0.1) is 6.04 Å². The maximum Gasteiger partial charge on any atom is 0.268 e. The minimum Gasteiger partial charge on any atom is -0.354 e. The summed E-state index contributed by atoms with van der Waals surface area (Å²) < 4.78 is 0. The van der Waals surface area contributed by atoms with Gasteiger partial charge in [0.2, 0.25) is 0 Å². The van der Waals surface area contributed by atoms with Gasteiger partial charge in [-0.2, -0.15) is 0 Å². The van der Waals surface area contributed by atoms with Crippen LogP contribution >= 0.6 is 0 Å². The van der Waals surface area contributed by atoms with Crippen LogP contribution in [-0.2, 0) is 0 Å². The smallest absolute Gasteiger partial charge is 0.268 e. The van der Waals surface area contributed by atoms with Crippen molar-refractivity contribution in [2.24, 2.45) is 5.92 Å². The number of hydrogen-bond acceptors (Lipinski definition) is 3. The van der Waals surface area contributed by atoms with E-state index < -0.39 is 0 Å². The molecule has 2 aromatic heterocycles. The molecule has 0 aliphatic carbocycles. The van der Waals surface area contributed by atoms with Crippen molar-refractivity contribution in [1.29, 1.82) is 0 Å². The standard InChI is InChI=1S/C17H21N3O2/c1-11(2)7-15(13-5-4-6-18-10-13)20-17(22)16-9-14(21)8-12(3)19-16/h4-6,8-11,15H,7H2,1-3H3,(H,19,21)(H,20,22)/t15-/m1/s1. The lowest BCUT2D eigenvalue weighted by molar-refractivity contribution is 0.0926. The molecule has 2 aromatic rings. The average molecular weight is 299 g/mol. The Hall–Kier alpha value is -2.43. The van der Waals surface area contributed by atoms with Crippen molar-refractivity contribution in [3.63, 3.8) is 0 Å². The lowest BCUT2D eigenvalue weighted by Crippen LogP contribution is -2.31. The third-order valence-electron chi connectivity index (χ3n) is 3.32. The van der Waals surface area contributed by atoms with Gasteiger partial charge in [-0.05, 0) is 30.9 Å². The second kappa shape index (κ2) is 7.02. The van der Waals surface area contributed by atoms with Gasteiger partial charge in [-0.3, -0.25) is 14.6 Å². The predicted molar refractivity (Wildman–Crippen MR) is 85.7 cm³/mol. The predicted octanol–water partition coefficient (Wildman–Crippen LogP) is 2.60. The van der Waals surface area contributed by atoms with E-state index in [4.69, 9.17) is 0 Å². The third-order valence-corrected chi connectivity index (χ3v) is 3.32. The molecule has 0 saturated carbocycles. The van der Waals surface area contributed by atoms with Crippen LogP contribution in [-0.4, -0.2) is 15.9 Å². The van der Waals surface area contributed by atoms with Crippen molar-refractivity contribution < 1.29 is 4.79 Å². The molecule has 0 unspecified atom stereocenters. The summed E-state index contributed by atoms with van der Waals surface area (Å²) in [5, 5.41) is 2.99. The maximum absolute atomic E-state index is 12.4. The number of hydrogen-bond donors (Lipinski definition) is 2. The van der Waals surface area contributed by atoms with E-state index in [0.29, 0.717) is 11.6 Å². The van der Waals surface area contributed by atoms with Crippen molar-refractivity contribution in [3.8, 4) is 0 Å². The van der Waals surface area contributed by atoms with Crippen molar-refractivity contribution in [3.05, 3.63) is 63.8 Å². The Morgan fingerprint density at radius 3 is 2.73 bits per heavy atom. The summed E-state index contributed by atoms with van der Waals surface area (Å²) in [5.41, 5.74) is 1.73. The highest BCUT2D eigenvalue weighted by Gasteiger charge is 2.18. The summed E-state index contributed by atoms with van der Waals surface area (Å²) in [7, 11) is 0. The van der Waals surface area contributed by atoms with Crippen LogP contribution in [0.5, 0.6) is 0 Å². The topological polar surface area (TPSA) is 74.8 Å². The summed E-state index contributed by atoms with van der Waals surface area (Å²) >= 11 is 0. The minimum atomic E-state index is -0.282. The fourth-order valence-electron chi connectivity index (χ4n) is 2.37. The molecule has 0 saturated heterocycles. The highest BCUT2D eigenvalue weighted by Crippen LogP contribution is 2.20. The van der Waals surface area contributed by atoms with E-state index >= 15 is 0 Å². The number of rotatable bonds is 5. The Morgan fingerprint density at radius 1 is 1.36 bits per heavy atom. The van der Waals surface area contributed by atoms with Crippen LogP contribution in [0.4, 0.5) is 0 Å². The number of H-pyrrole nitrogens is 1. The van der Waals surface area contributed by atoms with E-state index in [2.05, 4.69) is 29.1 Å². The second-order valence-electron chi connectivity index (χ2n) is 5.85. The van der Waals surface area contributed by atoms with Crippen molar-refractivity contribution in [2.75, 3.05) is 0 Å². The molecule has 2 N–H and O–H groups in total. The van der Waals surface area contributed by atoms with Gasteiger partial charge >= 0.3 is 0 Å². The van der Waals surface area contributed by atoms with Gasteiger partial charge in [0, 0.05) is 30.2 Å². The number of aromatic nitrogens is 2. The largest absolute Gasteiger partial charge is 0.354 e. The fourth-order valence-corrected chi connectivity index (χ4v) is 2.37. The molecule has 5 heteroatoms. The number of nitrogens with zero attached hydrogens (tertiary/aromatic N) is 1. The zero-order valence-electron chi connectivity index (χ0n) is 13.1. The molecule has 0 bridgehead atoms. The van der Waals surface area contributed by atoms with E-state index in [1.807, 2.05) is 12.1 Å². The molecule has 0 aliphatic rings. The Kier molecular flexibility index (Phi) is 5.09. The number of aromatic amines is 1. The highest BCUT2D eigenvalue weighted by molar-refractivity contribution is 5.92. The Morgan fingerprint density at radius 2 is 2.14 bits per heavy atom. The number of amides is 1. The van der Waals surface area contributed by atoms with Crippen LogP contribution in [0.2, 0.25) is 0 Å². The van der Waals surface area contributed by atoms with Crippen LogP contribution < -0.4 is 10.7 Å². The molecule has 0 spiro atoms. The zero-order chi connectivity index (χ0) is 16.1. The molecule has 5 nitrogen and oxygen atoms in total. The van der Waals surface area contributed by atoms with E-state index in [0.717, 1.165) is 12.0 Å². The van der Waals surface area contributed by atoms with Gasteiger partial charge in [-0.25, -0.2) is 0 Å². The fraction of sp³-hybridized carbons (Fsp3) is 0.353. The van der Waals surface area contributed by atoms with Crippen LogP contribution in [0, 0.1) is 12.8 Å². The summed E-state index contributed by atoms with van der Waals surface area (Å²) in [5.74, 6) is 0.136. The van der Waals surface area contributed by atoms with E-state index in [1.54, 1.807) is 19.3 Å². The molecule has 2 heterocycles. The molecule has 22 heavy (non-hydrogen) atoms. The van der Waals surface area contributed by atoms with Gasteiger partial charge in [0.1, 0.15) is 5.69 Å². The van der Waals surface area contributed by atoms with Gasteiger partial charge in [0.25, 0.3) is 5.91 Å². The maximum atomic E-state index is 12.4. The highest BCUT2D eigenvalue weighted by atomic mass is 16.2. The molecule has 0 fully saturated rings. The number of pyridine rings is 2. The molecular formula is C17H21N3O2. The van der Waals surface area contributed by atoms with Crippen LogP contribution in [0.1, 0.15) is 48.1 Å². The van der Waals surface area contributed by atoms with E-state index in [1.165, 1.54) is 12.1 Å².